The molecule has 2 atom stereocenters. The van der Waals surface area contributed by atoms with Gasteiger partial charge in [-0.3, -0.25) is 0 Å². The van der Waals surface area contributed by atoms with Crippen LogP contribution in [-0.2, 0) is 28.5 Å². The van der Waals surface area contributed by atoms with E-state index < -0.39 is 23.1 Å². The van der Waals surface area contributed by atoms with Gasteiger partial charge in [0.15, 0.2) is 0 Å². The van der Waals surface area contributed by atoms with Crippen molar-refractivity contribution in [3.8, 4) is 0 Å². The molecule has 0 bridgehead atoms. The highest BCUT2D eigenvalue weighted by Crippen LogP contribution is 2.39. The zero-order valence-corrected chi connectivity index (χ0v) is 18.1. The first-order valence-electron chi connectivity index (χ1n) is 11.1. The maximum atomic E-state index is 13.1. The van der Waals surface area contributed by atoms with Crippen LogP contribution in [0.15, 0.2) is 0 Å². The van der Waals surface area contributed by atoms with E-state index in [1.54, 1.807) is 27.7 Å². The topological polar surface area (TPSA) is 71.1 Å². The van der Waals surface area contributed by atoms with Crippen LogP contribution < -0.4 is 0 Å². The second kappa shape index (κ2) is 10.6. The summed E-state index contributed by atoms with van der Waals surface area (Å²) in [6.07, 6.45) is 9.88. The molecule has 2 rings (SSSR count). The number of hydrogen-bond donors (Lipinski definition) is 0. The summed E-state index contributed by atoms with van der Waals surface area (Å²) in [5.74, 6) is -1.13. The molecule has 0 aliphatic heterocycles. The second-order valence-corrected chi connectivity index (χ2v) is 8.26. The lowest BCUT2D eigenvalue weighted by atomic mass is 9.83. The first-order valence-corrected chi connectivity index (χ1v) is 11.1. The summed E-state index contributed by atoms with van der Waals surface area (Å²) in [6.45, 7) is 7.21. The molecule has 2 aliphatic carbocycles. The van der Waals surface area contributed by atoms with E-state index in [1.165, 1.54) is 12.8 Å². The summed E-state index contributed by atoms with van der Waals surface area (Å²) in [6, 6.07) is 0. The first-order chi connectivity index (χ1) is 13.4. The normalized spacial score (nSPS) is 23.4. The molecule has 2 aliphatic rings. The van der Waals surface area contributed by atoms with E-state index in [9.17, 15) is 9.59 Å². The highest BCUT2D eigenvalue weighted by molar-refractivity contribution is 5.92. The van der Waals surface area contributed by atoms with Gasteiger partial charge >= 0.3 is 11.9 Å². The zero-order chi connectivity index (χ0) is 20.6. The Balaban J connectivity index is 2.36. The maximum absolute atomic E-state index is 13.1. The van der Waals surface area contributed by atoms with E-state index >= 15 is 0 Å². The number of esters is 2. The van der Waals surface area contributed by atoms with E-state index in [4.69, 9.17) is 18.9 Å². The predicted molar refractivity (Wildman–Crippen MR) is 106 cm³/mol. The Labute approximate surface area is 169 Å². The van der Waals surface area contributed by atoms with Gasteiger partial charge in [0.05, 0.1) is 25.4 Å². The monoisotopic (exact) mass is 398 g/mol. The zero-order valence-electron chi connectivity index (χ0n) is 18.1. The molecule has 2 saturated carbocycles. The molecule has 0 amide bonds. The van der Waals surface area contributed by atoms with Crippen molar-refractivity contribution in [3.63, 3.8) is 0 Å². The molecule has 2 unspecified atom stereocenters. The van der Waals surface area contributed by atoms with Gasteiger partial charge in [0.1, 0.15) is 0 Å². The Morgan fingerprint density at radius 2 is 1.00 bits per heavy atom. The molecule has 6 nitrogen and oxygen atoms in total. The van der Waals surface area contributed by atoms with E-state index in [1.807, 2.05) is 0 Å². The molecule has 0 radical (unpaired) electrons. The molecule has 0 aromatic carbocycles. The van der Waals surface area contributed by atoms with Crippen molar-refractivity contribution in [1.29, 1.82) is 0 Å². The SMILES string of the molecule is CCOC(=O)C(C)(OC1CCCCC1)C(C)(OC1CCCCC1)C(=O)OCC. The number of carbonyl (C=O) groups is 2. The van der Waals surface area contributed by atoms with Crippen LogP contribution in [0.1, 0.15) is 91.9 Å². The summed E-state index contributed by atoms with van der Waals surface area (Å²) in [5.41, 5.74) is -3.12. The number of ether oxygens (including phenoxy) is 4. The third-order valence-electron chi connectivity index (χ3n) is 6.15. The fraction of sp³-hybridized carbons (Fsp3) is 0.909. The Bertz CT molecular complexity index is 463. The van der Waals surface area contributed by atoms with E-state index in [0.29, 0.717) is 0 Å². The molecular weight excluding hydrogens is 360 g/mol. The van der Waals surface area contributed by atoms with E-state index in [2.05, 4.69) is 0 Å². The molecule has 0 spiro atoms. The third kappa shape index (κ3) is 5.26. The van der Waals surface area contributed by atoms with Gasteiger partial charge in [-0.1, -0.05) is 38.5 Å². The lowest BCUT2D eigenvalue weighted by molar-refractivity contribution is -0.249. The minimum atomic E-state index is -1.56. The van der Waals surface area contributed by atoms with Gasteiger partial charge in [0.25, 0.3) is 0 Å². The van der Waals surface area contributed by atoms with Crippen molar-refractivity contribution in [2.24, 2.45) is 0 Å². The number of hydrogen-bond acceptors (Lipinski definition) is 6. The van der Waals surface area contributed by atoms with Crippen molar-refractivity contribution in [2.75, 3.05) is 13.2 Å². The van der Waals surface area contributed by atoms with Crippen molar-refractivity contribution in [1.82, 2.24) is 0 Å². The minimum Gasteiger partial charge on any atom is -0.464 e. The van der Waals surface area contributed by atoms with E-state index in [0.717, 1.165) is 51.4 Å². The standard InChI is InChI=1S/C22H38O6/c1-5-25-19(23)21(3,27-17-13-9-7-10-14-17)22(4,20(24)26-6-2)28-18-15-11-8-12-16-18/h17-18H,5-16H2,1-4H3. The summed E-state index contributed by atoms with van der Waals surface area (Å²) in [5, 5.41) is 0. The average Bonchev–Trinajstić information content (AvgIpc) is 2.69. The Morgan fingerprint density at radius 3 is 1.29 bits per heavy atom. The van der Waals surface area contributed by atoms with Crippen LogP contribution >= 0.6 is 0 Å². The molecule has 2 fully saturated rings. The molecule has 0 saturated heterocycles. The molecule has 0 N–H and O–H groups in total. The maximum Gasteiger partial charge on any atom is 0.341 e. The quantitative estimate of drug-likeness (QED) is 0.539. The van der Waals surface area contributed by atoms with E-state index in [-0.39, 0.29) is 25.4 Å². The lowest BCUT2D eigenvalue weighted by Crippen LogP contribution is -2.66. The van der Waals surface area contributed by atoms with Gasteiger partial charge in [0.2, 0.25) is 11.2 Å². The first kappa shape index (κ1) is 23.1. The second-order valence-electron chi connectivity index (χ2n) is 8.26. The van der Waals surface area contributed by atoms with Crippen LogP contribution in [0.5, 0.6) is 0 Å². The number of carbonyl (C=O) groups excluding carboxylic acids is 2. The summed E-state index contributed by atoms with van der Waals surface area (Å²) >= 11 is 0. The van der Waals surface area contributed by atoms with Crippen molar-refractivity contribution < 1.29 is 28.5 Å². The largest absolute Gasteiger partial charge is 0.464 e. The fourth-order valence-corrected chi connectivity index (χ4v) is 4.28. The van der Waals surface area contributed by atoms with Crippen LogP contribution in [0.2, 0.25) is 0 Å². The fourth-order valence-electron chi connectivity index (χ4n) is 4.28. The Kier molecular flexibility index (Phi) is 8.75. The molecule has 162 valence electrons. The summed E-state index contributed by atoms with van der Waals surface area (Å²) in [4.78, 5) is 26.2. The minimum absolute atomic E-state index is 0.0909. The summed E-state index contributed by atoms with van der Waals surface area (Å²) in [7, 11) is 0. The highest BCUT2D eigenvalue weighted by Gasteiger charge is 2.61. The van der Waals surface area contributed by atoms with Gasteiger partial charge in [-0.2, -0.15) is 0 Å². The van der Waals surface area contributed by atoms with Crippen LogP contribution in [0.3, 0.4) is 0 Å². The Morgan fingerprint density at radius 1 is 0.679 bits per heavy atom. The van der Waals surface area contributed by atoms with Gasteiger partial charge in [0, 0.05) is 0 Å². The lowest BCUT2D eigenvalue weighted by Gasteiger charge is -2.45. The summed E-state index contributed by atoms with van der Waals surface area (Å²) < 4.78 is 23.5. The van der Waals surface area contributed by atoms with Crippen molar-refractivity contribution >= 4 is 11.9 Å². The molecule has 28 heavy (non-hydrogen) atoms. The molecule has 0 aromatic heterocycles. The van der Waals surface area contributed by atoms with Gasteiger partial charge in [-0.15, -0.1) is 0 Å². The molecule has 0 heterocycles. The van der Waals surface area contributed by atoms with Gasteiger partial charge in [-0.05, 0) is 53.4 Å². The smallest absolute Gasteiger partial charge is 0.341 e. The number of rotatable bonds is 9. The van der Waals surface area contributed by atoms with Crippen molar-refractivity contribution in [2.45, 2.75) is 115 Å². The van der Waals surface area contributed by atoms with Crippen LogP contribution in [0.25, 0.3) is 0 Å². The highest BCUT2D eigenvalue weighted by atomic mass is 16.6. The van der Waals surface area contributed by atoms with Gasteiger partial charge in [-0.25, -0.2) is 9.59 Å². The molecule has 6 heteroatoms. The van der Waals surface area contributed by atoms with Crippen LogP contribution in [-0.4, -0.2) is 48.6 Å². The van der Waals surface area contributed by atoms with Crippen LogP contribution in [0.4, 0.5) is 0 Å². The van der Waals surface area contributed by atoms with Crippen LogP contribution in [0, 0.1) is 0 Å². The average molecular weight is 399 g/mol. The molecule has 0 aromatic rings. The predicted octanol–water partition coefficient (Wildman–Crippen LogP) is 4.33. The van der Waals surface area contributed by atoms with Gasteiger partial charge < -0.3 is 18.9 Å². The van der Waals surface area contributed by atoms with Crippen molar-refractivity contribution in [3.05, 3.63) is 0 Å². The third-order valence-corrected chi connectivity index (χ3v) is 6.15. The Hall–Kier alpha value is -1.14. The molecular formula is C22H38O6.